The van der Waals surface area contributed by atoms with Crippen molar-refractivity contribution >= 4 is 21.6 Å². The summed E-state index contributed by atoms with van der Waals surface area (Å²) in [5.74, 6) is 0. The van der Waals surface area contributed by atoms with E-state index >= 15 is 0 Å². The molecule has 2 heterocycles. The second-order valence-corrected chi connectivity index (χ2v) is 5.98. The number of benzene rings is 1. The fourth-order valence-corrected chi connectivity index (χ4v) is 3.57. The van der Waals surface area contributed by atoms with Crippen molar-refractivity contribution in [1.82, 2.24) is 0 Å². The summed E-state index contributed by atoms with van der Waals surface area (Å²) < 4.78 is 6.72. The van der Waals surface area contributed by atoms with E-state index in [1.165, 1.54) is 22.3 Å². The van der Waals surface area contributed by atoms with Gasteiger partial charge in [-0.1, -0.05) is 22.0 Å². The molecular weight excluding hydrogens is 278 g/mol. The van der Waals surface area contributed by atoms with Crippen molar-refractivity contribution in [3.63, 3.8) is 0 Å². The lowest BCUT2D eigenvalue weighted by molar-refractivity contribution is 0.0554. The van der Waals surface area contributed by atoms with Crippen LogP contribution in [0.2, 0.25) is 0 Å². The zero-order chi connectivity index (χ0) is 11.9. The first-order valence-electron chi connectivity index (χ1n) is 6.38. The van der Waals surface area contributed by atoms with E-state index in [9.17, 15) is 0 Å². The largest absolute Gasteiger partial charge is 0.381 e. The lowest BCUT2D eigenvalue weighted by Gasteiger charge is -2.34. The van der Waals surface area contributed by atoms with E-state index in [1.807, 2.05) is 0 Å². The van der Waals surface area contributed by atoms with Crippen LogP contribution in [0.15, 0.2) is 22.7 Å². The lowest BCUT2D eigenvalue weighted by Crippen LogP contribution is -2.38. The van der Waals surface area contributed by atoms with Crippen LogP contribution in [0.3, 0.4) is 0 Å². The molecule has 0 bridgehead atoms. The monoisotopic (exact) mass is 295 g/mol. The molecule has 2 aliphatic heterocycles. The Labute approximate surface area is 111 Å². The number of halogens is 1. The van der Waals surface area contributed by atoms with Crippen LogP contribution >= 0.6 is 15.9 Å². The molecule has 0 aromatic heterocycles. The molecule has 1 saturated heterocycles. The van der Waals surface area contributed by atoms with E-state index in [2.05, 4.69) is 46.0 Å². The molecule has 17 heavy (non-hydrogen) atoms. The highest BCUT2D eigenvalue weighted by Crippen LogP contribution is 2.47. The van der Waals surface area contributed by atoms with Crippen LogP contribution in [-0.4, -0.2) is 26.3 Å². The number of rotatable bonds is 1. The van der Waals surface area contributed by atoms with Crippen LogP contribution in [0, 0.1) is 0 Å². The number of likely N-dealkylation sites (N-methyl/N-ethyl adjacent to an activating group) is 1. The fraction of sp³-hybridized carbons (Fsp3) is 0.571. The fourth-order valence-electron chi connectivity index (χ4n) is 3.22. The lowest BCUT2D eigenvalue weighted by atomic mass is 9.76. The highest BCUT2D eigenvalue weighted by Gasteiger charge is 2.43. The molecule has 2 aliphatic rings. The highest BCUT2D eigenvalue weighted by molar-refractivity contribution is 9.10. The van der Waals surface area contributed by atoms with Crippen molar-refractivity contribution in [3.05, 3.63) is 28.2 Å². The van der Waals surface area contributed by atoms with Crippen molar-refractivity contribution in [2.45, 2.75) is 25.2 Å². The standard InChI is InChI=1S/C14H18BrNO/c1-2-16-10-14(5-7-17-8-6-14)12-4-3-11(15)9-13(12)16/h3-4,9H,2,5-8,10H2,1H3. The van der Waals surface area contributed by atoms with E-state index < -0.39 is 0 Å². The summed E-state index contributed by atoms with van der Waals surface area (Å²) in [5, 5.41) is 0. The Bertz CT molecular complexity index is 426. The molecule has 0 radical (unpaired) electrons. The van der Waals surface area contributed by atoms with Gasteiger partial charge in [-0.15, -0.1) is 0 Å². The van der Waals surface area contributed by atoms with Gasteiger partial charge in [0.2, 0.25) is 0 Å². The van der Waals surface area contributed by atoms with E-state index in [4.69, 9.17) is 4.74 Å². The summed E-state index contributed by atoms with van der Waals surface area (Å²) in [6, 6.07) is 6.75. The zero-order valence-electron chi connectivity index (χ0n) is 10.2. The number of fused-ring (bicyclic) bond motifs is 2. The van der Waals surface area contributed by atoms with Gasteiger partial charge in [-0.2, -0.15) is 0 Å². The second kappa shape index (κ2) is 4.29. The maximum Gasteiger partial charge on any atom is 0.0475 e. The Morgan fingerprint density at radius 1 is 1.35 bits per heavy atom. The first kappa shape index (κ1) is 11.5. The number of hydrogen-bond donors (Lipinski definition) is 0. The summed E-state index contributed by atoms with van der Waals surface area (Å²) in [4.78, 5) is 2.51. The minimum atomic E-state index is 0.351. The summed E-state index contributed by atoms with van der Waals surface area (Å²) in [6.45, 7) is 6.31. The first-order chi connectivity index (χ1) is 8.25. The van der Waals surface area contributed by atoms with Gasteiger partial charge in [0.15, 0.2) is 0 Å². The number of ether oxygens (including phenoxy) is 1. The molecule has 1 aromatic carbocycles. The van der Waals surface area contributed by atoms with E-state index in [0.717, 1.165) is 32.6 Å². The molecule has 3 heteroatoms. The Hall–Kier alpha value is -0.540. The van der Waals surface area contributed by atoms with Gasteiger partial charge in [-0.3, -0.25) is 0 Å². The molecular formula is C14H18BrNO. The van der Waals surface area contributed by atoms with E-state index in [1.54, 1.807) is 0 Å². The van der Waals surface area contributed by atoms with Crippen molar-refractivity contribution in [2.24, 2.45) is 0 Å². The third-order valence-electron chi connectivity index (χ3n) is 4.20. The number of nitrogens with zero attached hydrogens (tertiary/aromatic N) is 1. The zero-order valence-corrected chi connectivity index (χ0v) is 11.8. The van der Waals surface area contributed by atoms with Crippen molar-refractivity contribution in [1.29, 1.82) is 0 Å². The van der Waals surface area contributed by atoms with Crippen molar-refractivity contribution in [3.8, 4) is 0 Å². The minimum absolute atomic E-state index is 0.351. The summed E-state index contributed by atoms with van der Waals surface area (Å²) >= 11 is 3.58. The van der Waals surface area contributed by atoms with Crippen LogP contribution in [0.5, 0.6) is 0 Å². The summed E-state index contributed by atoms with van der Waals surface area (Å²) in [6.07, 6.45) is 2.33. The van der Waals surface area contributed by atoms with Crippen LogP contribution in [0.4, 0.5) is 5.69 Å². The van der Waals surface area contributed by atoms with Gasteiger partial charge in [0.1, 0.15) is 0 Å². The smallest absolute Gasteiger partial charge is 0.0475 e. The predicted octanol–water partition coefficient (Wildman–Crippen LogP) is 3.34. The van der Waals surface area contributed by atoms with Crippen molar-refractivity contribution in [2.75, 3.05) is 31.2 Å². The van der Waals surface area contributed by atoms with Gasteiger partial charge < -0.3 is 9.64 Å². The molecule has 0 atom stereocenters. The van der Waals surface area contributed by atoms with E-state index in [-0.39, 0.29) is 0 Å². The molecule has 0 amide bonds. The van der Waals surface area contributed by atoms with Gasteiger partial charge in [-0.05, 0) is 37.5 Å². The van der Waals surface area contributed by atoms with Crippen molar-refractivity contribution < 1.29 is 4.74 Å². The minimum Gasteiger partial charge on any atom is -0.381 e. The predicted molar refractivity (Wildman–Crippen MR) is 73.8 cm³/mol. The van der Waals surface area contributed by atoms with Gasteiger partial charge in [0.25, 0.3) is 0 Å². The van der Waals surface area contributed by atoms with Crippen LogP contribution in [-0.2, 0) is 10.2 Å². The average Bonchev–Trinajstić information content (AvgIpc) is 2.64. The maximum absolute atomic E-state index is 5.54. The van der Waals surface area contributed by atoms with Gasteiger partial charge in [0.05, 0.1) is 0 Å². The molecule has 1 aromatic rings. The Morgan fingerprint density at radius 3 is 2.82 bits per heavy atom. The van der Waals surface area contributed by atoms with Crippen LogP contribution in [0.25, 0.3) is 0 Å². The summed E-state index contributed by atoms with van der Waals surface area (Å²) in [7, 11) is 0. The van der Waals surface area contributed by atoms with Crippen LogP contribution in [0.1, 0.15) is 25.3 Å². The van der Waals surface area contributed by atoms with Crippen LogP contribution < -0.4 is 4.90 Å². The second-order valence-electron chi connectivity index (χ2n) is 5.07. The maximum atomic E-state index is 5.54. The Morgan fingerprint density at radius 2 is 2.12 bits per heavy atom. The summed E-state index contributed by atoms with van der Waals surface area (Å²) in [5.41, 5.74) is 3.30. The van der Waals surface area contributed by atoms with Gasteiger partial charge in [-0.25, -0.2) is 0 Å². The molecule has 0 N–H and O–H groups in total. The van der Waals surface area contributed by atoms with E-state index in [0.29, 0.717) is 5.41 Å². The Balaban J connectivity index is 2.06. The number of anilines is 1. The molecule has 2 nitrogen and oxygen atoms in total. The molecule has 92 valence electrons. The molecule has 1 fully saturated rings. The SMILES string of the molecule is CCN1CC2(CCOCC2)c2ccc(Br)cc21. The van der Waals surface area contributed by atoms with Gasteiger partial charge >= 0.3 is 0 Å². The molecule has 0 unspecified atom stereocenters. The highest BCUT2D eigenvalue weighted by atomic mass is 79.9. The third kappa shape index (κ3) is 1.80. The molecule has 3 rings (SSSR count). The topological polar surface area (TPSA) is 12.5 Å². The normalized spacial score (nSPS) is 21.9. The molecule has 1 spiro atoms. The molecule has 0 saturated carbocycles. The number of hydrogen-bond acceptors (Lipinski definition) is 2. The average molecular weight is 296 g/mol. The third-order valence-corrected chi connectivity index (χ3v) is 4.69. The first-order valence-corrected chi connectivity index (χ1v) is 7.17. The van der Waals surface area contributed by atoms with Gasteiger partial charge in [0, 0.05) is 41.9 Å². The Kier molecular flexibility index (Phi) is 2.91. The quantitative estimate of drug-likeness (QED) is 0.788. The molecule has 0 aliphatic carbocycles.